The Morgan fingerprint density at radius 3 is 2.35 bits per heavy atom. The van der Waals surface area contributed by atoms with Crippen LogP contribution < -0.4 is 5.73 Å². The van der Waals surface area contributed by atoms with E-state index in [1.807, 2.05) is 12.5 Å². The number of rotatable bonds is 2. The van der Waals surface area contributed by atoms with Crippen LogP contribution >= 0.6 is 0 Å². The van der Waals surface area contributed by atoms with Gasteiger partial charge in [0.15, 0.2) is 0 Å². The van der Waals surface area contributed by atoms with E-state index in [0.29, 0.717) is 12.6 Å². The lowest BCUT2D eigenvalue weighted by Crippen LogP contribution is -2.46. The van der Waals surface area contributed by atoms with Gasteiger partial charge in [-0.3, -0.25) is 0 Å². The summed E-state index contributed by atoms with van der Waals surface area (Å²) in [5.41, 5.74) is 7.05. The summed E-state index contributed by atoms with van der Waals surface area (Å²) in [6.45, 7) is 0.628. The fourth-order valence-corrected chi connectivity index (χ4v) is 5.11. The SMILES string of the molecule is NCc1cncn1C1C2CC3CC(C2)CC1C3. The minimum atomic E-state index is 0.628. The van der Waals surface area contributed by atoms with E-state index in [2.05, 4.69) is 9.55 Å². The molecule has 0 atom stereocenters. The molecule has 92 valence electrons. The maximum atomic E-state index is 5.83. The highest BCUT2D eigenvalue weighted by atomic mass is 15.1. The van der Waals surface area contributed by atoms with Gasteiger partial charge in [0.2, 0.25) is 0 Å². The van der Waals surface area contributed by atoms with E-state index < -0.39 is 0 Å². The van der Waals surface area contributed by atoms with E-state index in [9.17, 15) is 0 Å². The predicted molar refractivity (Wildman–Crippen MR) is 66.2 cm³/mol. The van der Waals surface area contributed by atoms with Crippen molar-refractivity contribution < 1.29 is 0 Å². The van der Waals surface area contributed by atoms with Gasteiger partial charge in [-0.25, -0.2) is 4.98 Å². The molecule has 0 aromatic carbocycles. The summed E-state index contributed by atoms with van der Waals surface area (Å²) in [6, 6.07) is 0.712. The second kappa shape index (κ2) is 3.58. The largest absolute Gasteiger partial charge is 0.330 e. The molecule has 4 aliphatic rings. The highest BCUT2D eigenvalue weighted by molar-refractivity contribution is 5.07. The number of nitrogens with two attached hydrogens (primary N) is 1. The molecule has 4 aliphatic carbocycles. The molecular weight excluding hydrogens is 210 g/mol. The lowest BCUT2D eigenvalue weighted by molar-refractivity contribution is -0.0300. The van der Waals surface area contributed by atoms with Crippen molar-refractivity contribution in [3.8, 4) is 0 Å². The van der Waals surface area contributed by atoms with E-state index in [-0.39, 0.29) is 0 Å². The molecule has 0 aliphatic heterocycles. The number of nitrogens with zero attached hydrogens (tertiary/aromatic N) is 2. The molecule has 3 nitrogen and oxygen atoms in total. The van der Waals surface area contributed by atoms with Crippen LogP contribution in [0.2, 0.25) is 0 Å². The van der Waals surface area contributed by atoms with Crippen molar-refractivity contribution in [2.24, 2.45) is 29.4 Å². The highest BCUT2D eigenvalue weighted by Crippen LogP contribution is 2.58. The van der Waals surface area contributed by atoms with Crippen LogP contribution in [0.5, 0.6) is 0 Å². The fourth-order valence-electron chi connectivity index (χ4n) is 5.11. The first kappa shape index (κ1) is 10.1. The Labute approximate surface area is 102 Å². The van der Waals surface area contributed by atoms with E-state index >= 15 is 0 Å². The van der Waals surface area contributed by atoms with Crippen molar-refractivity contribution in [3.63, 3.8) is 0 Å². The summed E-state index contributed by atoms with van der Waals surface area (Å²) in [7, 11) is 0. The number of imidazole rings is 1. The van der Waals surface area contributed by atoms with Crippen molar-refractivity contribution in [2.45, 2.75) is 44.7 Å². The zero-order valence-corrected chi connectivity index (χ0v) is 10.3. The van der Waals surface area contributed by atoms with E-state index in [1.165, 1.54) is 37.8 Å². The molecule has 0 radical (unpaired) electrons. The molecule has 4 fully saturated rings. The van der Waals surface area contributed by atoms with Gasteiger partial charge in [-0.05, 0) is 55.8 Å². The Morgan fingerprint density at radius 2 is 1.76 bits per heavy atom. The Morgan fingerprint density at radius 1 is 1.12 bits per heavy atom. The Kier molecular flexibility index (Phi) is 2.13. The van der Waals surface area contributed by atoms with Gasteiger partial charge < -0.3 is 10.3 Å². The summed E-state index contributed by atoms with van der Waals surface area (Å²) in [6.07, 6.45) is 11.3. The standard InChI is InChI=1S/C14H21N3/c15-6-13-7-16-8-17(13)14-11-2-9-1-10(4-11)5-12(14)3-9/h7-12,14H,1-6,15H2. The van der Waals surface area contributed by atoms with Crippen LogP contribution in [0.15, 0.2) is 12.5 Å². The van der Waals surface area contributed by atoms with Gasteiger partial charge >= 0.3 is 0 Å². The van der Waals surface area contributed by atoms with Crippen LogP contribution in [0.25, 0.3) is 0 Å². The van der Waals surface area contributed by atoms with Crippen LogP contribution in [-0.4, -0.2) is 9.55 Å². The van der Waals surface area contributed by atoms with Gasteiger partial charge in [-0.1, -0.05) is 0 Å². The van der Waals surface area contributed by atoms with Crippen LogP contribution in [0.1, 0.15) is 43.8 Å². The first-order valence-electron chi connectivity index (χ1n) is 7.06. The van der Waals surface area contributed by atoms with E-state index in [0.717, 1.165) is 23.7 Å². The topological polar surface area (TPSA) is 43.8 Å². The van der Waals surface area contributed by atoms with Gasteiger partial charge in [0.1, 0.15) is 0 Å². The summed E-state index contributed by atoms with van der Waals surface area (Å²) in [5.74, 6) is 3.90. The van der Waals surface area contributed by atoms with Crippen molar-refractivity contribution in [3.05, 3.63) is 18.2 Å². The minimum Gasteiger partial charge on any atom is -0.330 e. The Bertz CT molecular complexity index is 395. The molecule has 5 rings (SSSR count). The molecule has 4 saturated carbocycles. The molecule has 17 heavy (non-hydrogen) atoms. The molecule has 4 bridgehead atoms. The van der Waals surface area contributed by atoms with Gasteiger partial charge in [-0.15, -0.1) is 0 Å². The van der Waals surface area contributed by atoms with Crippen molar-refractivity contribution in [1.29, 1.82) is 0 Å². The van der Waals surface area contributed by atoms with E-state index in [4.69, 9.17) is 5.73 Å². The lowest BCUT2D eigenvalue weighted by atomic mass is 9.54. The molecule has 0 unspecified atom stereocenters. The second-order valence-electron chi connectivity index (χ2n) is 6.42. The molecule has 0 amide bonds. The van der Waals surface area contributed by atoms with Crippen LogP contribution in [0.4, 0.5) is 0 Å². The third-order valence-corrected chi connectivity index (χ3v) is 5.45. The molecule has 3 heteroatoms. The molecule has 0 saturated heterocycles. The zero-order valence-electron chi connectivity index (χ0n) is 10.3. The molecular formula is C14H21N3. The average molecular weight is 231 g/mol. The first-order valence-corrected chi connectivity index (χ1v) is 7.06. The normalized spacial score (nSPS) is 43.2. The van der Waals surface area contributed by atoms with Gasteiger partial charge in [0.25, 0.3) is 0 Å². The Hall–Kier alpha value is -0.830. The molecule has 1 aromatic heterocycles. The maximum Gasteiger partial charge on any atom is 0.0951 e. The monoisotopic (exact) mass is 231 g/mol. The van der Waals surface area contributed by atoms with Crippen molar-refractivity contribution >= 4 is 0 Å². The van der Waals surface area contributed by atoms with Gasteiger partial charge in [-0.2, -0.15) is 0 Å². The Balaban J connectivity index is 1.70. The van der Waals surface area contributed by atoms with Gasteiger partial charge in [0.05, 0.1) is 12.0 Å². The number of hydrogen-bond donors (Lipinski definition) is 1. The number of hydrogen-bond acceptors (Lipinski definition) is 2. The number of aromatic nitrogens is 2. The fraction of sp³-hybridized carbons (Fsp3) is 0.786. The summed E-state index contributed by atoms with van der Waals surface area (Å²) in [5, 5.41) is 0. The van der Waals surface area contributed by atoms with Gasteiger partial charge in [0, 0.05) is 18.8 Å². The molecule has 0 spiro atoms. The average Bonchev–Trinajstić information content (AvgIpc) is 2.75. The van der Waals surface area contributed by atoms with E-state index in [1.54, 1.807) is 0 Å². The third-order valence-electron chi connectivity index (χ3n) is 5.45. The zero-order chi connectivity index (χ0) is 11.4. The summed E-state index contributed by atoms with van der Waals surface area (Å²) < 4.78 is 2.41. The van der Waals surface area contributed by atoms with Crippen LogP contribution in [0.3, 0.4) is 0 Å². The molecule has 1 aromatic rings. The summed E-state index contributed by atoms with van der Waals surface area (Å²) >= 11 is 0. The minimum absolute atomic E-state index is 0.628. The molecule has 2 N–H and O–H groups in total. The van der Waals surface area contributed by atoms with Crippen LogP contribution in [-0.2, 0) is 6.54 Å². The van der Waals surface area contributed by atoms with Crippen LogP contribution in [0, 0.1) is 23.7 Å². The maximum absolute atomic E-state index is 5.83. The van der Waals surface area contributed by atoms with Crippen molar-refractivity contribution in [1.82, 2.24) is 9.55 Å². The summed E-state index contributed by atoms with van der Waals surface area (Å²) in [4.78, 5) is 4.31. The lowest BCUT2D eigenvalue weighted by Gasteiger charge is -2.54. The first-order chi connectivity index (χ1) is 8.35. The molecule has 1 heterocycles. The quantitative estimate of drug-likeness (QED) is 0.849. The predicted octanol–water partition coefficient (Wildman–Crippen LogP) is 2.34. The highest BCUT2D eigenvalue weighted by Gasteiger charge is 2.49. The smallest absolute Gasteiger partial charge is 0.0951 e. The van der Waals surface area contributed by atoms with Crippen molar-refractivity contribution in [2.75, 3.05) is 0 Å². The second-order valence-corrected chi connectivity index (χ2v) is 6.42. The third kappa shape index (κ3) is 1.41.